The molecule has 0 spiro atoms. The van der Waals surface area contributed by atoms with Crippen molar-refractivity contribution in [3.63, 3.8) is 0 Å². The summed E-state index contributed by atoms with van der Waals surface area (Å²) in [5.74, 6) is 13.0. The van der Waals surface area contributed by atoms with Crippen LogP contribution in [0.2, 0.25) is 0 Å². The maximum Gasteiger partial charge on any atom is 0.0886 e. The minimum absolute atomic E-state index is 0.226. The van der Waals surface area contributed by atoms with Gasteiger partial charge in [0.1, 0.15) is 0 Å². The number of aryl methyl sites for hydroxylation is 1. The topological polar surface area (TPSA) is 27.7 Å². The Kier molecular flexibility index (Phi) is 16.1. The second kappa shape index (κ2) is 21.9. The van der Waals surface area contributed by atoms with Crippen LogP contribution in [0.15, 0.2) is 118 Å². The highest BCUT2D eigenvalue weighted by Crippen LogP contribution is 2.58. The largest absolute Gasteiger partial charge is 0.371 e. The second-order valence-corrected chi connectivity index (χ2v) is 28.6. The summed E-state index contributed by atoms with van der Waals surface area (Å²) >= 11 is 7.62. The predicted octanol–water partition coefficient (Wildman–Crippen LogP) is 19.9. The lowest BCUT2D eigenvalue weighted by atomic mass is 9.76. The zero-order valence-electron chi connectivity index (χ0n) is 47.9. The minimum atomic E-state index is -0.278. The van der Waals surface area contributed by atoms with Gasteiger partial charge in [0, 0.05) is 8.95 Å². The Balaban J connectivity index is 0.000000128. The van der Waals surface area contributed by atoms with E-state index in [0.717, 1.165) is 113 Å². The molecule has 0 aliphatic heterocycles. The number of halogens is 2. The number of hydrogen-bond acceptors (Lipinski definition) is 3. The van der Waals surface area contributed by atoms with Crippen LogP contribution >= 0.6 is 31.9 Å². The summed E-state index contributed by atoms with van der Waals surface area (Å²) in [5, 5.41) is 7.70. The van der Waals surface area contributed by atoms with Crippen molar-refractivity contribution in [1.82, 2.24) is 0 Å². The molecule has 0 radical (unpaired) electrons. The monoisotopic (exact) mass is 1140 g/mol. The van der Waals surface area contributed by atoms with E-state index >= 15 is 0 Å². The fraction of sp³-hybridized carbons (Fsp3) is 0.571. The van der Waals surface area contributed by atoms with Gasteiger partial charge in [0.15, 0.2) is 0 Å². The van der Waals surface area contributed by atoms with E-state index in [1.54, 1.807) is 0 Å². The predicted molar refractivity (Wildman–Crippen MR) is 323 cm³/mol. The molecule has 0 amide bonds. The number of hydrogen-bond donors (Lipinski definition) is 0. The minimum Gasteiger partial charge on any atom is -0.371 e. The third kappa shape index (κ3) is 11.1. The van der Waals surface area contributed by atoms with Gasteiger partial charge in [0.25, 0.3) is 0 Å². The molecule has 0 saturated heterocycles. The Morgan fingerprint density at radius 1 is 0.413 bits per heavy atom. The van der Waals surface area contributed by atoms with Crippen molar-refractivity contribution in [2.45, 2.75) is 145 Å². The molecule has 6 saturated carbocycles. The molecule has 6 aromatic carbocycles. The Labute approximate surface area is 469 Å². The van der Waals surface area contributed by atoms with E-state index in [9.17, 15) is 0 Å². The molecular formula is C70H90Br2O3. The van der Waals surface area contributed by atoms with Crippen LogP contribution in [0.1, 0.15) is 144 Å². The van der Waals surface area contributed by atoms with Gasteiger partial charge in [-0.25, -0.2) is 0 Å². The quantitative estimate of drug-likeness (QED) is 0.122. The summed E-state index contributed by atoms with van der Waals surface area (Å²) in [6.45, 7) is 32.8. The summed E-state index contributed by atoms with van der Waals surface area (Å²) in [5.41, 5.74) is 4.31. The molecule has 402 valence electrons. The Hall–Kier alpha value is -3.06. The van der Waals surface area contributed by atoms with Crippen LogP contribution in [-0.2, 0) is 31.0 Å². The van der Waals surface area contributed by atoms with Gasteiger partial charge in [0.2, 0.25) is 0 Å². The van der Waals surface area contributed by atoms with Gasteiger partial charge in [-0.15, -0.1) is 0 Å². The summed E-state index contributed by atoms with van der Waals surface area (Å²) in [7, 11) is 0. The van der Waals surface area contributed by atoms with Gasteiger partial charge in [-0.2, -0.15) is 0 Å². The van der Waals surface area contributed by atoms with E-state index in [-0.39, 0.29) is 16.8 Å². The fourth-order valence-electron chi connectivity index (χ4n) is 16.2. The maximum absolute atomic E-state index is 6.54. The highest BCUT2D eigenvalue weighted by molar-refractivity contribution is 9.11. The lowest BCUT2D eigenvalue weighted by Gasteiger charge is -2.35. The molecule has 6 fully saturated rings. The molecular weight excluding hydrogens is 1050 g/mol. The summed E-state index contributed by atoms with van der Waals surface area (Å²) in [6.07, 6.45) is 8.40. The number of ether oxygens (including phenoxy) is 3. The maximum atomic E-state index is 6.54. The van der Waals surface area contributed by atoms with Crippen molar-refractivity contribution >= 4 is 64.2 Å². The summed E-state index contributed by atoms with van der Waals surface area (Å²) in [6, 6.07) is 39.5. The first-order valence-corrected chi connectivity index (χ1v) is 31.0. The number of fused-ring (bicyclic) bond motifs is 9. The van der Waals surface area contributed by atoms with Gasteiger partial charge in [-0.05, 0) is 259 Å². The molecule has 0 heterocycles. The lowest BCUT2D eigenvalue weighted by Crippen LogP contribution is -2.31. The molecule has 15 unspecified atom stereocenters. The molecule has 5 heteroatoms. The van der Waals surface area contributed by atoms with Crippen molar-refractivity contribution in [2.24, 2.45) is 88.8 Å². The molecule has 12 rings (SSSR count). The third-order valence-electron chi connectivity index (χ3n) is 21.8. The van der Waals surface area contributed by atoms with Crippen LogP contribution in [-0.4, -0.2) is 19.8 Å². The van der Waals surface area contributed by atoms with E-state index in [2.05, 4.69) is 231 Å². The lowest BCUT2D eigenvalue weighted by molar-refractivity contribution is -0.0545. The van der Waals surface area contributed by atoms with Crippen molar-refractivity contribution in [3.05, 3.63) is 140 Å². The van der Waals surface area contributed by atoms with E-state index in [1.807, 2.05) is 0 Å². The third-order valence-corrected chi connectivity index (χ3v) is 23.3. The van der Waals surface area contributed by atoms with Gasteiger partial charge in [0.05, 0.1) is 36.6 Å². The zero-order chi connectivity index (χ0) is 53.3. The highest BCUT2D eigenvalue weighted by Gasteiger charge is 2.51. The van der Waals surface area contributed by atoms with Crippen LogP contribution in [0, 0.1) is 95.7 Å². The molecule has 6 aliphatic carbocycles. The van der Waals surface area contributed by atoms with Crippen molar-refractivity contribution < 1.29 is 14.2 Å². The average molecular weight is 1140 g/mol. The van der Waals surface area contributed by atoms with Crippen LogP contribution in [0.5, 0.6) is 0 Å². The number of benzene rings is 6. The first kappa shape index (κ1) is 55.3. The highest BCUT2D eigenvalue weighted by atomic mass is 79.9. The van der Waals surface area contributed by atoms with Crippen molar-refractivity contribution in [2.75, 3.05) is 19.8 Å². The van der Waals surface area contributed by atoms with Crippen molar-refractivity contribution in [1.29, 1.82) is 0 Å². The van der Waals surface area contributed by atoms with Gasteiger partial charge in [-0.3, -0.25) is 0 Å². The average Bonchev–Trinajstić information content (AvgIpc) is 4.26. The normalized spacial score (nSPS) is 31.8. The number of rotatable bonds is 12. The zero-order valence-corrected chi connectivity index (χ0v) is 51.1. The molecule has 6 bridgehead atoms. The SMILES string of the molecule is CC1C2CC(COC(C)(C)c3cc4ccccc4cc3Br)C(C2)C1C.CC1C2CC(COC(C)(C)c3ccc4ccccc4c3Br)C(C2)C1C.Cc1ccc2cc(C(C)(C)OCC3CC4CC3C(C)C4C)ccc2c1. The van der Waals surface area contributed by atoms with Gasteiger partial charge < -0.3 is 14.2 Å². The summed E-state index contributed by atoms with van der Waals surface area (Å²) in [4.78, 5) is 0. The Morgan fingerprint density at radius 3 is 1.33 bits per heavy atom. The molecule has 3 nitrogen and oxygen atoms in total. The first-order valence-electron chi connectivity index (χ1n) is 29.4. The Morgan fingerprint density at radius 2 is 0.827 bits per heavy atom. The molecule has 6 aromatic rings. The molecule has 0 N–H and O–H groups in total. The van der Waals surface area contributed by atoms with E-state index in [1.165, 1.54) is 97.6 Å². The van der Waals surface area contributed by atoms with Crippen LogP contribution < -0.4 is 0 Å². The summed E-state index contributed by atoms with van der Waals surface area (Å²) < 4.78 is 21.9. The van der Waals surface area contributed by atoms with Crippen molar-refractivity contribution in [3.8, 4) is 0 Å². The molecule has 75 heavy (non-hydrogen) atoms. The second-order valence-electron chi connectivity index (χ2n) is 27.0. The van der Waals surface area contributed by atoms with E-state index in [4.69, 9.17) is 14.2 Å². The fourth-order valence-corrected chi connectivity index (χ4v) is 18.0. The van der Waals surface area contributed by atoms with Crippen LogP contribution in [0.4, 0.5) is 0 Å². The van der Waals surface area contributed by atoms with E-state index in [0.29, 0.717) is 0 Å². The van der Waals surface area contributed by atoms with Gasteiger partial charge >= 0.3 is 0 Å². The van der Waals surface area contributed by atoms with Crippen LogP contribution in [0.25, 0.3) is 32.3 Å². The smallest absolute Gasteiger partial charge is 0.0886 e. The molecule has 0 aromatic heterocycles. The first-order chi connectivity index (χ1) is 35.6. The van der Waals surface area contributed by atoms with Gasteiger partial charge in [-0.1, -0.05) is 154 Å². The standard InChI is InChI=1S/C24H32O.2C23H29BrO/c1-15-6-7-19-12-22(9-8-18(19)10-15)24(4,5)25-14-21-11-20-13-23(21)17(3)16(20)2;1-14-15(2)20-10-18(14)9-19(20)13-25-23(3,4)21-11-16-7-5-6-8-17(16)12-22(21)24;1-14-15(2)20-12-17(14)11-18(20)13-25-23(3,4)21-10-9-16-7-5-6-8-19(16)22(21)24/h6-10,12,16-17,20-21,23H,11,13-14H2,1-5H3;5-8,11-12,14-15,18-20H,9-10,13H2,1-4H3;5-10,14-15,17-18,20H,11-13H2,1-4H3. The Bertz CT molecular complexity index is 2910. The molecule has 6 aliphatic rings. The van der Waals surface area contributed by atoms with Crippen LogP contribution in [0.3, 0.4) is 0 Å². The van der Waals surface area contributed by atoms with E-state index < -0.39 is 0 Å². The molecule has 15 atom stereocenters.